The lowest BCUT2D eigenvalue weighted by molar-refractivity contribution is -0.192. The molecule has 1 aliphatic heterocycles. The number of aromatic nitrogens is 4. The summed E-state index contributed by atoms with van der Waals surface area (Å²) in [6, 6.07) is 12.8. The highest BCUT2D eigenvalue weighted by atomic mass is 32.1. The highest BCUT2D eigenvalue weighted by molar-refractivity contribution is 7.80. The van der Waals surface area contributed by atoms with E-state index in [-0.39, 0.29) is 80.2 Å². The molecule has 1 amide bonds. The molecule has 23 nitrogen and oxygen atoms in total. The molecule has 1 fully saturated rings. The van der Waals surface area contributed by atoms with Gasteiger partial charge in [-0.3, -0.25) is 43.6 Å². The lowest BCUT2D eigenvalue weighted by Gasteiger charge is -2.32. The smallest absolute Gasteiger partial charge is 0.373 e. The van der Waals surface area contributed by atoms with Gasteiger partial charge in [-0.2, -0.15) is 14.6 Å². The number of aliphatic carboxylic acids is 4. The maximum Gasteiger partial charge on any atom is 0.373 e. The van der Waals surface area contributed by atoms with Gasteiger partial charge in [0, 0.05) is 69.3 Å². The number of H-pyrrole nitrogens is 1. The fourth-order valence-corrected chi connectivity index (χ4v) is 8.43. The number of amides is 1. The Labute approximate surface area is 419 Å². The Kier molecular flexibility index (Phi) is 23.1. The number of ketones is 1. The first kappa shape index (κ1) is 57.2. The van der Waals surface area contributed by atoms with Crippen LogP contribution in [0.3, 0.4) is 0 Å². The Hall–Kier alpha value is -7.37. The number of carbonyl (C=O) groups is 6. The second-order valence-corrected chi connectivity index (χ2v) is 18.0. The molecular weight excluding hydrogens is 957 g/mol. The van der Waals surface area contributed by atoms with E-state index in [1.54, 1.807) is 12.1 Å². The van der Waals surface area contributed by atoms with Gasteiger partial charge in [0.1, 0.15) is 11.8 Å². The summed E-state index contributed by atoms with van der Waals surface area (Å²) in [6.45, 7) is 2.71. The minimum Gasteiger partial charge on any atom is -0.481 e. The third kappa shape index (κ3) is 19.8. The van der Waals surface area contributed by atoms with Crippen LogP contribution in [0.15, 0.2) is 59.5 Å². The van der Waals surface area contributed by atoms with Crippen LogP contribution in [0.25, 0.3) is 11.2 Å². The summed E-state index contributed by atoms with van der Waals surface area (Å²) in [5.74, 6) is -6.40. The molecular formula is C48H60N10O13S. The van der Waals surface area contributed by atoms with Gasteiger partial charge in [-0.15, -0.1) is 0 Å². The number of benzene rings is 2. The van der Waals surface area contributed by atoms with Crippen molar-refractivity contribution in [2.24, 2.45) is 5.92 Å². The van der Waals surface area contributed by atoms with Crippen LogP contribution in [0.1, 0.15) is 78.5 Å². The Bertz CT molecular complexity index is 2610. The topological polar surface area (TPSA) is 349 Å². The van der Waals surface area contributed by atoms with Gasteiger partial charge in [0.15, 0.2) is 11.2 Å². The number of fused-ring (bicyclic) bond motifs is 1. The monoisotopic (exact) mass is 1020 g/mol. The van der Waals surface area contributed by atoms with E-state index in [4.69, 9.17) is 27.5 Å². The average molecular weight is 1020 g/mol. The molecule has 5 rings (SSSR count). The van der Waals surface area contributed by atoms with Crippen molar-refractivity contribution in [1.29, 1.82) is 0 Å². The van der Waals surface area contributed by atoms with Crippen molar-refractivity contribution in [1.82, 2.24) is 40.0 Å². The van der Waals surface area contributed by atoms with Crippen molar-refractivity contribution in [3.8, 4) is 0 Å². The van der Waals surface area contributed by atoms with E-state index >= 15 is 0 Å². The number of rotatable bonds is 26. The Morgan fingerprint density at radius 2 is 1.51 bits per heavy atom. The maximum atomic E-state index is 13.0. The number of thiocarbonyl (C=S) groups is 1. The SMILES string of the molecule is CN1CCN(CC(=O)O)CCN(CC(=O)O)C(Cc2ccc(CC(=S)CCCCC[C@H](CC(=O)CC[C@H](NC(=O)c3ccc(NCc4cnc5nc(N)[nH]c(=O)c5n4)cc3)C(=O)O)C(=O)O)cc2)C1.O=C=O. The summed E-state index contributed by atoms with van der Waals surface area (Å²) in [6.07, 6.45) is 5.13. The summed E-state index contributed by atoms with van der Waals surface area (Å²) in [4.78, 5) is 123. The van der Waals surface area contributed by atoms with E-state index in [0.29, 0.717) is 76.2 Å². The van der Waals surface area contributed by atoms with Crippen LogP contribution in [0.2, 0.25) is 0 Å². The Morgan fingerprint density at radius 3 is 2.17 bits per heavy atom. The number of nitrogens with one attached hydrogen (secondary N) is 3. The number of aromatic amines is 1. The first-order valence-corrected chi connectivity index (χ1v) is 23.6. The van der Waals surface area contributed by atoms with Crippen LogP contribution in [-0.2, 0) is 52.9 Å². The number of nitrogens with zero attached hydrogens (tertiary/aromatic N) is 6. The number of carbonyl (C=O) groups excluding carboxylic acids is 4. The van der Waals surface area contributed by atoms with E-state index in [9.17, 15) is 54.0 Å². The third-order valence-corrected chi connectivity index (χ3v) is 12.2. The Balaban J connectivity index is 0.00000365. The maximum absolute atomic E-state index is 13.0. The molecule has 3 heterocycles. The number of nitrogens with two attached hydrogens (primary N) is 1. The summed E-state index contributed by atoms with van der Waals surface area (Å²) in [7, 11) is 1.96. The second-order valence-electron chi connectivity index (χ2n) is 17.5. The predicted octanol–water partition coefficient (Wildman–Crippen LogP) is 2.14. The van der Waals surface area contributed by atoms with Crippen molar-refractivity contribution in [3.05, 3.63) is 87.5 Å². The molecule has 386 valence electrons. The van der Waals surface area contributed by atoms with Gasteiger partial charge in [-0.25, -0.2) is 14.8 Å². The molecule has 0 spiro atoms. The minimum absolute atomic E-state index is 0.0308. The van der Waals surface area contributed by atoms with E-state index in [1.807, 2.05) is 41.1 Å². The number of anilines is 2. The molecule has 72 heavy (non-hydrogen) atoms. The van der Waals surface area contributed by atoms with Crippen molar-refractivity contribution >= 4 is 81.6 Å². The molecule has 0 radical (unpaired) electrons. The standard InChI is InChI=1S/C47H60N10O11S.CO2/c1-55-17-18-56(27-39(59)60)19-20-57(28-40(61)62)35(26-55)21-29-7-9-30(10-8-29)22-37(69)6-4-2-3-5-32(45(65)66)23-36(58)15-16-38(46(67)68)52-43(63)31-11-13-33(14-12-31)49-24-34-25-50-42-41(51-34)44(64)54-47(48)53-42;2-1-3/h7-14,25,32,35,38,49H,2-6,15-24,26-28H2,1H3,(H,52,63)(H,59,60)(H,61,62)(H,65,66)(H,67,68)(H3,48,50,53,54,64);/t32-,35?,38+;/m1./s1. The van der Waals surface area contributed by atoms with Crippen LogP contribution in [0.5, 0.6) is 0 Å². The van der Waals surface area contributed by atoms with Crippen molar-refractivity contribution in [3.63, 3.8) is 0 Å². The average Bonchev–Trinajstić information content (AvgIpc) is 3.38. The number of nitrogen functional groups attached to an aromatic ring is 1. The molecule has 1 saturated heterocycles. The zero-order chi connectivity index (χ0) is 52.7. The molecule has 9 N–H and O–H groups in total. The minimum atomic E-state index is -1.38. The normalized spacial score (nSPS) is 15.3. The fourth-order valence-electron chi connectivity index (χ4n) is 8.12. The van der Waals surface area contributed by atoms with Crippen LogP contribution >= 0.6 is 12.2 Å². The van der Waals surface area contributed by atoms with E-state index in [1.165, 1.54) is 18.3 Å². The van der Waals surface area contributed by atoms with Crippen LogP contribution in [0.4, 0.5) is 11.6 Å². The number of hydrogen-bond donors (Lipinski definition) is 8. The highest BCUT2D eigenvalue weighted by Crippen LogP contribution is 2.20. The first-order chi connectivity index (χ1) is 34.3. The number of likely N-dealkylation sites (N-methyl/N-ethyl adjacent to an activating group) is 1. The molecule has 0 aliphatic carbocycles. The van der Waals surface area contributed by atoms with E-state index < -0.39 is 53.1 Å². The number of carboxylic acids is 4. The van der Waals surface area contributed by atoms with Crippen molar-refractivity contribution in [2.45, 2.75) is 82.8 Å². The Morgan fingerprint density at radius 1 is 0.847 bits per heavy atom. The summed E-state index contributed by atoms with van der Waals surface area (Å²) in [5, 5.41) is 44.1. The fraction of sp³-hybridized carbons (Fsp3) is 0.458. The molecule has 24 heteroatoms. The first-order valence-electron chi connectivity index (χ1n) is 23.1. The molecule has 0 saturated carbocycles. The van der Waals surface area contributed by atoms with Gasteiger partial charge >= 0.3 is 30.0 Å². The van der Waals surface area contributed by atoms with Gasteiger partial charge < -0.3 is 41.7 Å². The quantitative estimate of drug-likeness (QED) is 0.0330. The molecule has 4 aromatic rings. The summed E-state index contributed by atoms with van der Waals surface area (Å²) < 4.78 is 0. The number of hydrogen-bond acceptors (Lipinski definition) is 18. The predicted molar refractivity (Wildman–Crippen MR) is 264 cm³/mol. The third-order valence-electron chi connectivity index (χ3n) is 11.9. The van der Waals surface area contributed by atoms with Gasteiger partial charge in [0.2, 0.25) is 5.95 Å². The lowest BCUT2D eigenvalue weighted by Crippen LogP contribution is -2.47. The van der Waals surface area contributed by atoms with Crippen molar-refractivity contribution < 1.29 is 58.8 Å². The highest BCUT2D eigenvalue weighted by Gasteiger charge is 2.27. The van der Waals surface area contributed by atoms with Crippen molar-refractivity contribution in [2.75, 3.05) is 63.9 Å². The second kappa shape index (κ2) is 29.1. The van der Waals surface area contributed by atoms with Crippen LogP contribution in [0, 0.1) is 5.92 Å². The molecule has 1 unspecified atom stereocenters. The zero-order valence-corrected chi connectivity index (χ0v) is 40.6. The summed E-state index contributed by atoms with van der Waals surface area (Å²) >= 11 is 5.68. The van der Waals surface area contributed by atoms with Crippen LogP contribution < -0.4 is 21.9 Å². The molecule has 0 bridgehead atoms. The largest absolute Gasteiger partial charge is 0.481 e. The number of unbranched alkanes of at least 4 members (excludes halogenated alkanes) is 2. The molecule has 2 aromatic heterocycles. The van der Waals surface area contributed by atoms with Gasteiger partial charge in [-0.05, 0) is 79.4 Å². The van der Waals surface area contributed by atoms with E-state index in [0.717, 1.165) is 22.4 Å². The summed E-state index contributed by atoms with van der Waals surface area (Å²) in [5.41, 5.74) is 8.46. The molecule has 1 aliphatic rings. The lowest BCUT2D eigenvalue weighted by atomic mass is 9.93. The zero-order valence-electron chi connectivity index (χ0n) is 39.8. The van der Waals surface area contributed by atoms with E-state index in [2.05, 4.69) is 35.5 Å². The van der Waals surface area contributed by atoms with Gasteiger partial charge in [0.05, 0.1) is 37.4 Å². The van der Waals surface area contributed by atoms with Crippen LogP contribution in [-0.4, -0.2) is 167 Å². The van der Waals surface area contributed by atoms with Gasteiger partial charge in [0.25, 0.3) is 11.5 Å². The van der Waals surface area contributed by atoms with Gasteiger partial charge in [-0.1, -0.05) is 49.3 Å². The number of carboxylic acid groups (broad SMARTS) is 4. The molecule has 2 aromatic carbocycles. The molecule has 3 atom stereocenters. The number of Topliss-reactive ketones (excluding diaryl/α,β-unsaturated/α-hetero) is 1.